The first-order chi connectivity index (χ1) is 12.6. The molecule has 0 fully saturated rings. The summed E-state index contributed by atoms with van der Waals surface area (Å²) in [7, 11) is 0. The van der Waals surface area contributed by atoms with Crippen LogP contribution in [0.4, 0.5) is 5.69 Å². The van der Waals surface area contributed by atoms with Gasteiger partial charge in [-0.2, -0.15) is 4.98 Å². The van der Waals surface area contributed by atoms with Gasteiger partial charge >= 0.3 is 0 Å². The van der Waals surface area contributed by atoms with Gasteiger partial charge in [0.1, 0.15) is 5.15 Å². The Balaban J connectivity index is 1.68. The van der Waals surface area contributed by atoms with Crippen molar-refractivity contribution in [3.05, 3.63) is 71.1 Å². The Kier molecular flexibility index (Phi) is 4.10. The van der Waals surface area contributed by atoms with Crippen molar-refractivity contribution in [2.45, 2.75) is 6.92 Å². The lowest BCUT2D eigenvalue weighted by atomic mass is 10.1. The number of nitrogens with zero attached hydrogens (tertiary/aromatic N) is 3. The van der Waals surface area contributed by atoms with E-state index >= 15 is 0 Å². The molecule has 0 atom stereocenters. The number of oxazole rings is 1. The second-order valence-electron chi connectivity index (χ2n) is 5.67. The largest absolute Gasteiger partial charge is 0.434 e. The average Bonchev–Trinajstić information content (AvgIpc) is 3.08. The minimum atomic E-state index is -0.331. The van der Waals surface area contributed by atoms with Crippen LogP contribution in [0.25, 0.3) is 22.7 Å². The third-order valence-electron chi connectivity index (χ3n) is 3.90. The first kappa shape index (κ1) is 16.2. The number of carbonyl (C=O) groups excluding carboxylic acids is 1. The van der Waals surface area contributed by atoms with Crippen molar-refractivity contribution in [1.82, 2.24) is 15.0 Å². The zero-order valence-corrected chi connectivity index (χ0v) is 14.5. The highest BCUT2D eigenvalue weighted by atomic mass is 35.5. The van der Waals surface area contributed by atoms with Crippen LogP contribution >= 0.6 is 11.6 Å². The van der Waals surface area contributed by atoms with Gasteiger partial charge < -0.3 is 9.73 Å². The fraction of sp³-hybridized carbons (Fsp3) is 0.0526. The lowest BCUT2D eigenvalue weighted by molar-refractivity contribution is 0.102. The highest BCUT2D eigenvalue weighted by molar-refractivity contribution is 6.33. The molecule has 1 N–H and O–H groups in total. The van der Waals surface area contributed by atoms with Gasteiger partial charge in [-0.15, -0.1) is 0 Å². The van der Waals surface area contributed by atoms with Crippen LogP contribution in [0.15, 0.2) is 59.3 Å². The summed E-state index contributed by atoms with van der Waals surface area (Å²) < 4.78 is 5.74. The summed E-state index contributed by atoms with van der Waals surface area (Å²) >= 11 is 5.99. The van der Waals surface area contributed by atoms with Crippen molar-refractivity contribution in [1.29, 1.82) is 0 Å². The summed E-state index contributed by atoms with van der Waals surface area (Å²) in [6, 6.07) is 12.5. The van der Waals surface area contributed by atoms with Crippen LogP contribution in [0.2, 0.25) is 5.15 Å². The van der Waals surface area contributed by atoms with Crippen LogP contribution in [-0.2, 0) is 0 Å². The van der Waals surface area contributed by atoms with Gasteiger partial charge in [-0.3, -0.25) is 4.79 Å². The maximum atomic E-state index is 12.5. The highest BCUT2D eigenvalue weighted by Gasteiger charge is 2.14. The van der Waals surface area contributed by atoms with Gasteiger partial charge in [-0.1, -0.05) is 17.7 Å². The van der Waals surface area contributed by atoms with E-state index in [0.717, 1.165) is 11.1 Å². The Morgan fingerprint density at radius 2 is 1.92 bits per heavy atom. The van der Waals surface area contributed by atoms with Gasteiger partial charge in [0.05, 0.1) is 5.56 Å². The lowest BCUT2D eigenvalue weighted by Gasteiger charge is -2.10. The van der Waals surface area contributed by atoms with E-state index in [2.05, 4.69) is 20.3 Å². The molecular formula is C19H13ClN4O2. The number of aryl methyl sites for hydroxylation is 1. The van der Waals surface area contributed by atoms with Gasteiger partial charge in [-0.05, 0) is 48.9 Å². The number of fused-ring (bicyclic) bond motifs is 1. The molecule has 3 heterocycles. The van der Waals surface area contributed by atoms with E-state index in [1.807, 2.05) is 25.1 Å². The fourth-order valence-corrected chi connectivity index (χ4v) is 2.73. The summed E-state index contributed by atoms with van der Waals surface area (Å²) in [6.45, 7) is 1.90. The predicted octanol–water partition coefficient (Wildman–Crippen LogP) is 4.50. The fourth-order valence-electron chi connectivity index (χ4n) is 2.53. The third-order valence-corrected chi connectivity index (χ3v) is 4.20. The van der Waals surface area contributed by atoms with E-state index in [9.17, 15) is 4.79 Å². The quantitative estimate of drug-likeness (QED) is 0.541. The van der Waals surface area contributed by atoms with Gasteiger partial charge in [0, 0.05) is 23.6 Å². The number of benzene rings is 1. The van der Waals surface area contributed by atoms with Crippen LogP contribution in [-0.4, -0.2) is 20.9 Å². The second-order valence-corrected chi connectivity index (χ2v) is 6.03. The van der Waals surface area contributed by atoms with Crippen molar-refractivity contribution < 1.29 is 9.21 Å². The Hall–Kier alpha value is -3.25. The van der Waals surface area contributed by atoms with Gasteiger partial charge in [-0.25, -0.2) is 9.97 Å². The molecule has 1 aromatic carbocycles. The van der Waals surface area contributed by atoms with Gasteiger partial charge in [0.25, 0.3) is 5.91 Å². The summed E-state index contributed by atoms with van der Waals surface area (Å²) in [5.41, 5.74) is 3.73. The van der Waals surface area contributed by atoms with E-state index < -0.39 is 0 Å². The van der Waals surface area contributed by atoms with Gasteiger partial charge in [0.2, 0.25) is 5.89 Å². The molecule has 4 aromatic rings. The molecule has 0 bridgehead atoms. The number of hydrogen-bond donors (Lipinski definition) is 1. The summed E-state index contributed by atoms with van der Waals surface area (Å²) in [6.07, 6.45) is 3.19. The van der Waals surface area contributed by atoms with E-state index in [0.29, 0.717) is 28.4 Å². The molecule has 6 nitrogen and oxygen atoms in total. The minimum Gasteiger partial charge on any atom is -0.434 e. The first-order valence-electron chi connectivity index (χ1n) is 7.86. The van der Waals surface area contributed by atoms with Crippen molar-refractivity contribution in [2.75, 3.05) is 5.32 Å². The molecule has 1 amide bonds. The Morgan fingerprint density at radius 3 is 2.73 bits per heavy atom. The van der Waals surface area contributed by atoms with Crippen LogP contribution in [0.1, 0.15) is 15.9 Å². The molecule has 7 heteroatoms. The molecule has 4 rings (SSSR count). The maximum absolute atomic E-state index is 12.5. The summed E-state index contributed by atoms with van der Waals surface area (Å²) in [5, 5.41) is 3.02. The predicted molar refractivity (Wildman–Crippen MR) is 99.2 cm³/mol. The number of carbonyl (C=O) groups is 1. The average molecular weight is 365 g/mol. The number of aromatic nitrogens is 3. The van der Waals surface area contributed by atoms with Crippen LogP contribution in [0.5, 0.6) is 0 Å². The van der Waals surface area contributed by atoms with Crippen molar-refractivity contribution in [3.8, 4) is 11.5 Å². The monoisotopic (exact) mass is 364 g/mol. The van der Waals surface area contributed by atoms with Crippen LogP contribution < -0.4 is 5.32 Å². The number of anilines is 1. The highest BCUT2D eigenvalue weighted by Crippen LogP contribution is 2.28. The van der Waals surface area contributed by atoms with Crippen molar-refractivity contribution in [2.24, 2.45) is 0 Å². The molecule has 0 aliphatic rings. The van der Waals surface area contributed by atoms with Crippen molar-refractivity contribution >= 4 is 34.4 Å². The number of hydrogen-bond acceptors (Lipinski definition) is 5. The van der Waals surface area contributed by atoms with E-state index in [4.69, 9.17) is 16.0 Å². The normalized spacial score (nSPS) is 10.8. The Bertz CT molecular complexity index is 1090. The van der Waals surface area contributed by atoms with Crippen LogP contribution in [0, 0.1) is 6.92 Å². The topological polar surface area (TPSA) is 80.9 Å². The SMILES string of the molecule is Cc1ccc(-c2nc3ncccc3o2)cc1NC(=O)c1cccnc1Cl. The molecule has 0 saturated heterocycles. The van der Waals surface area contributed by atoms with E-state index in [1.54, 1.807) is 30.5 Å². The summed E-state index contributed by atoms with van der Waals surface area (Å²) in [4.78, 5) is 25.0. The maximum Gasteiger partial charge on any atom is 0.258 e. The standard InChI is InChI=1S/C19H13ClN4O2/c1-11-6-7-12(19-24-17-15(26-19)5-3-9-22-17)10-14(11)23-18(25)13-4-2-8-21-16(13)20/h2-10H,1H3,(H,23,25). The third kappa shape index (κ3) is 3.02. The number of amides is 1. The Labute approximate surface area is 153 Å². The number of rotatable bonds is 3. The molecule has 0 aliphatic heterocycles. The van der Waals surface area contributed by atoms with E-state index in [1.165, 1.54) is 6.20 Å². The zero-order chi connectivity index (χ0) is 18.1. The van der Waals surface area contributed by atoms with Crippen molar-refractivity contribution in [3.63, 3.8) is 0 Å². The molecule has 3 aromatic heterocycles. The molecule has 0 aliphatic carbocycles. The molecule has 26 heavy (non-hydrogen) atoms. The molecule has 128 valence electrons. The number of nitrogens with one attached hydrogen (secondary N) is 1. The Morgan fingerprint density at radius 1 is 1.12 bits per heavy atom. The molecule has 0 radical (unpaired) electrons. The van der Waals surface area contributed by atoms with Gasteiger partial charge in [0.15, 0.2) is 11.2 Å². The summed E-state index contributed by atoms with van der Waals surface area (Å²) in [5.74, 6) is 0.108. The molecule has 0 saturated carbocycles. The molecular weight excluding hydrogens is 352 g/mol. The second kappa shape index (κ2) is 6.57. The number of pyridine rings is 2. The zero-order valence-electron chi connectivity index (χ0n) is 13.7. The lowest BCUT2D eigenvalue weighted by Crippen LogP contribution is -2.13. The molecule has 0 unspecified atom stereocenters. The number of halogens is 1. The smallest absolute Gasteiger partial charge is 0.258 e. The molecule has 0 spiro atoms. The first-order valence-corrected chi connectivity index (χ1v) is 8.24. The van der Waals surface area contributed by atoms with Crippen LogP contribution in [0.3, 0.4) is 0 Å². The van der Waals surface area contributed by atoms with E-state index in [-0.39, 0.29) is 11.1 Å². The minimum absolute atomic E-state index is 0.156.